The lowest BCUT2D eigenvalue weighted by Gasteiger charge is -2.13. The zero-order valence-corrected chi connectivity index (χ0v) is 10.0. The topological polar surface area (TPSA) is 88.2 Å². The molecule has 5 nitrogen and oxygen atoms in total. The Balaban J connectivity index is 2.46. The number of pyridine rings is 1. The van der Waals surface area contributed by atoms with Gasteiger partial charge in [0.25, 0.3) is 5.91 Å². The summed E-state index contributed by atoms with van der Waals surface area (Å²) in [5.74, 6) is 0.0964. The second kappa shape index (κ2) is 6.85. The smallest absolute Gasteiger partial charge is 0.269 e. The van der Waals surface area contributed by atoms with Gasteiger partial charge in [0, 0.05) is 13.2 Å². The summed E-state index contributed by atoms with van der Waals surface area (Å²) in [6.07, 6.45) is 3.09. The molecule has 1 unspecified atom stereocenters. The first-order valence-corrected chi connectivity index (χ1v) is 5.78. The fourth-order valence-electron chi connectivity index (χ4n) is 1.50. The van der Waals surface area contributed by atoms with Crippen molar-refractivity contribution < 1.29 is 9.90 Å². The Bertz CT molecular complexity index is 351. The SMILES string of the molecule is CCC(CCO)CNC(=O)c1ccc(N)cn1. The first kappa shape index (κ1) is 13.4. The number of carbonyl (C=O) groups is 1. The summed E-state index contributed by atoms with van der Waals surface area (Å²) in [6, 6.07) is 3.24. The van der Waals surface area contributed by atoms with Crippen LogP contribution in [0.5, 0.6) is 0 Å². The summed E-state index contributed by atoms with van der Waals surface area (Å²) in [5.41, 5.74) is 6.38. The van der Waals surface area contributed by atoms with Crippen molar-refractivity contribution in [3.8, 4) is 0 Å². The first-order chi connectivity index (χ1) is 8.17. The average Bonchev–Trinajstić information content (AvgIpc) is 2.35. The lowest BCUT2D eigenvalue weighted by Crippen LogP contribution is -2.30. The van der Waals surface area contributed by atoms with E-state index in [2.05, 4.69) is 10.3 Å². The molecule has 0 aliphatic rings. The number of carbonyl (C=O) groups excluding carboxylic acids is 1. The van der Waals surface area contributed by atoms with Crippen molar-refractivity contribution in [2.24, 2.45) is 5.92 Å². The van der Waals surface area contributed by atoms with E-state index in [1.165, 1.54) is 6.20 Å². The lowest BCUT2D eigenvalue weighted by molar-refractivity contribution is 0.0938. The second-order valence-electron chi connectivity index (χ2n) is 3.97. The van der Waals surface area contributed by atoms with Crippen LogP contribution in [-0.2, 0) is 0 Å². The predicted molar refractivity (Wildman–Crippen MR) is 66.5 cm³/mol. The third-order valence-electron chi connectivity index (χ3n) is 2.68. The van der Waals surface area contributed by atoms with Crippen LogP contribution in [0.4, 0.5) is 5.69 Å². The van der Waals surface area contributed by atoms with Gasteiger partial charge in [-0.1, -0.05) is 13.3 Å². The number of aliphatic hydroxyl groups is 1. The Morgan fingerprint density at radius 2 is 2.35 bits per heavy atom. The van der Waals surface area contributed by atoms with Gasteiger partial charge < -0.3 is 16.2 Å². The minimum absolute atomic E-state index is 0.147. The van der Waals surface area contributed by atoms with E-state index in [9.17, 15) is 4.79 Å². The molecule has 94 valence electrons. The number of rotatable bonds is 6. The molecule has 0 bridgehead atoms. The summed E-state index contributed by atoms with van der Waals surface area (Å²) in [4.78, 5) is 15.6. The second-order valence-corrected chi connectivity index (χ2v) is 3.97. The molecular weight excluding hydrogens is 218 g/mol. The number of nitrogens with zero attached hydrogens (tertiary/aromatic N) is 1. The lowest BCUT2D eigenvalue weighted by atomic mass is 10.0. The molecule has 1 heterocycles. The van der Waals surface area contributed by atoms with Crippen molar-refractivity contribution >= 4 is 11.6 Å². The fourth-order valence-corrected chi connectivity index (χ4v) is 1.50. The van der Waals surface area contributed by atoms with Gasteiger partial charge in [-0.15, -0.1) is 0 Å². The molecule has 17 heavy (non-hydrogen) atoms. The highest BCUT2D eigenvalue weighted by atomic mass is 16.3. The molecule has 0 aliphatic carbocycles. The molecule has 0 saturated heterocycles. The molecule has 1 amide bonds. The Morgan fingerprint density at radius 3 is 2.88 bits per heavy atom. The van der Waals surface area contributed by atoms with Gasteiger partial charge in [0.05, 0.1) is 11.9 Å². The highest BCUT2D eigenvalue weighted by Crippen LogP contribution is 2.06. The standard InChI is InChI=1S/C12H19N3O2/c1-2-9(5-6-16)7-15-12(17)11-4-3-10(13)8-14-11/h3-4,8-9,16H,2,5-7,13H2,1H3,(H,15,17). The van der Waals surface area contributed by atoms with Crippen molar-refractivity contribution in [1.29, 1.82) is 0 Å². The average molecular weight is 237 g/mol. The maximum atomic E-state index is 11.7. The molecule has 1 aromatic heterocycles. The van der Waals surface area contributed by atoms with Gasteiger partial charge in [-0.3, -0.25) is 4.79 Å². The van der Waals surface area contributed by atoms with Gasteiger partial charge in [-0.05, 0) is 24.5 Å². The van der Waals surface area contributed by atoms with Crippen LogP contribution < -0.4 is 11.1 Å². The number of amides is 1. The Labute approximate surface area is 101 Å². The van der Waals surface area contributed by atoms with Crippen LogP contribution in [0.1, 0.15) is 30.3 Å². The third-order valence-corrected chi connectivity index (χ3v) is 2.68. The van der Waals surface area contributed by atoms with Crippen LogP contribution >= 0.6 is 0 Å². The molecule has 0 fully saturated rings. The molecule has 0 saturated carbocycles. The van der Waals surface area contributed by atoms with E-state index in [0.717, 1.165) is 6.42 Å². The van der Waals surface area contributed by atoms with Crippen LogP contribution in [0.2, 0.25) is 0 Å². The van der Waals surface area contributed by atoms with Crippen molar-refractivity contribution in [1.82, 2.24) is 10.3 Å². The van der Waals surface area contributed by atoms with Gasteiger partial charge in [0.15, 0.2) is 0 Å². The maximum absolute atomic E-state index is 11.7. The minimum atomic E-state index is -0.207. The quantitative estimate of drug-likeness (QED) is 0.683. The number of nitrogens with one attached hydrogen (secondary N) is 1. The van der Waals surface area contributed by atoms with Crippen LogP contribution in [0.3, 0.4) is 0 Å². The van der Waals surface area contributed by atoms with E-state index in [0.29, 0.717) is 30.3 Å². The molecule has 1 aromatic rings. The fraction of sp³-hybridized carbons (Fsp3) is 0.500. The van der Waals surface area contributed by atoms with Gasteiger partial charge in [-0.25, -0.2) is 4.98 Å². The number of hydrogen-bond acceptors (Lipinski definition) is 4. The monoisotopic (exact) mass is 237 g/mol. The van der Waals surface area contributed by atoms with Crippen LogP contribution in [0.15, 0.2) is 18.3 Å². The number of nitrogen functional groups attached to an aromatic ring is 1. The van der Waals surface area contributed by atoms with Gasteiger partial charge in [0.1, 0.15) is 5.69 Å². The molecule has 0 radical (unpaired) electrons. The minimum Gasteiger partial charge on any atom is -0.397 e. The summed E-state index contributed by atoms with van der Waals surface area (Å²) in [5, 5.41) is 11.6. The molecule has 1 atom stereocenters. The van der Waals surface area contributed by atoms with Crippen molar-refractivity contribution in [2.75, 3.05) is 18.9 Å². The van der Waals surface area contributed by atoms with Crippen molar-refractivity contribution in [2.45, 2.75) is 19.8 Å². The van der Waals surface area contributed by atoms with Crippen molar-refractivity contribution in [3.05, 3.63) is 24.0 Å². The van der Waals surface area contributed by atoms with E-state index >= 15 is 0 Å². The van der Waals surface area contributed by atoms with E-state index in [4.69, 9.17) is 10.8 Å². The zero-order chi connectivity index (χ0) is 12.7. The van der Waals surface area contributed by atoms with Crippen LogP contribution in [0, 0.1) is 5.92 Å². The molecular formula is C12H19N3O2. The first-order valence-electron chi connectivity index (χ1n) is 5.78. The molecule has 0 spiro atoms. The number of aliphatic hydroxyl groups excluding tert-OH is 1. The number of hydrogen-bond donors (Lipinski definition) is 3. The Kier molecular flexibility index (Phi) is 5.42. The molecule has 5 heteroatoms. The number of nitrogens with two attached hydrogens (primary N) is 1. The zero-order valence-electron chi connectivity index (χ0n) is 10.0. The molecule has 0 aromatic carbocycles. The van der Waals surface area contributed by atoms with Gasteiger partial charge in [-0.2, -0.15) is 0 Å². The van der Waals surface area contributed by atoms with Gasteiger partial charge >= 0.3 is 0 Å². The summed E-state index contributed by atoms with van der Waals surface area (Å²) >= 11 is 0. The molecule has 4 N–H and O–H groups in total. The summed E-state index contributed by atoms with van der Waals surface area (Å²) in [7, 11) is 0. The number of aromatic nitrogens is 1. The number of anilines is 1. The summed E-state index contributed by atoms with van der Waals surface area (Å²) < 4.78 is 0. The third kappa shape index (κ3) is 4.40. The van der Waals surface area contributed by atoms with E-state index < -0.39 is 0 Å². The molecule has 0 aliphatic heterocycles. The predicted octanol–water partition coefficient (Wildman–Crippen LogP) is 0.802. The normalized spacial score (nSPS) is 12.1. The van der Waals surface area contributed by atoms with E-state index in [1.807, 2.05) is 6.92 Å². The highest BCUT2D eigenvalue weighted by Gasteiger charge is 2.10. The largest absolute Gasteiger partial charge is 0.397 e. The summed E-state index contributed by atoms with van der Waals surface area (Å²) in [6.45, 7) is 2.74. The maximum Gasteiger partial charge on any atom is 0.269 e. The highest BCUT2D eigenvalue weighted by molar-refractivity contribution is 5.92. The van der Waals surface area contributed by atoms with Gasteiger partial charge in [0.2, 0.25) is 0 Å². The van der Waals surface area contributed by atoms with Crippen molar-refractivity contribution in [3.63, 3.8) is 0 Å². The van der Waals surface area contributed by atoms with E-state index in [1.54, 1.807) is 12.1 Å². The molecule has 1 rings (SSSR count). The van der Waals surface area contributed by atoms with Crippen LogP contribution in [0.25, 0.3) is 0 Å². The Morgan fingerprint density at radius 1 is 1.59 bits per heavy atom. The Hall–Kier alpha value is -1.62. The van der Waals surface area contributed by atoms with E-state index in [-0.39, 0.29) is 12.5 Å². The van der Waals surface area contributed by atoms with Crippen LogP contribution in [-0.4, -0.2) is 29.1 Å².